The Kier molecular flexibility index (Phi) is 5.81. The number of methoxy groups -OCH3 is 1. The van der Waals surface area contributed by atoms with Crippen LogP contribution in [0.2, 0.25) is 0 Å². The average molecular weight is 397 g/mol. The first kappa shape index (κ1) is 19.8. The molecule has 29 heavy (non-hydrogen) atoms. The Labute approximate surface area is 171 Å². The fraction of sp³-hybridized carbons (Fsp3) is 0.478. The standard InChI is InChI=1S/C23H28FN3O2/c1-29-21-5-4-20(24)13-19(21)16-26-11-8-23(9-12-26)7-6-22(28)27(17-23)15-18-3-2-10-25-14-18/h2-5,10,13-14H,6-9,11-12,15-17H2,1H3. The van der Waals surface area contributed by atoms with Crippen LogP contribution >= 0.6 is 0 Å². The maximum atomic E-state index is 13.7. The summed E-state index contributed by atoms with van der Waals surface area (Å²) in [5, 5.41) is 0. The lowest BCUT2D eigenvalue weighted by atomic mass is 9.72. The summed E-state index contributed by atoms with van der Waals surface area (Å²) in [5.41, 5.74) is 2.16. The zero-order valence-corrected chi connectivity index (χ0v) is 16.9. The van der Waals surface area contributed by atoms with Crippen LogP contribution in [-0.4, -0.2) is 47.4 Å². The molecule has 1 aromatic carbocycles. The molecule has 4 rings (SSSR count). The highest BCUT2D eigenvalue weighted by Gasteiger charge is 2.40. The molecule has 2 aromatic rings. The molecule has 2 saturated heterocycles. The molecule has 0 bridgehead atoms. The SMILES string of the molecule is COc1ccc(F)cc1CN1CCC2(CCC(=O)N(Cc3cccnc3)C2)CC1. The monoisotopic (exact) mass is 397 g/mol. The van der Waals surface area contributed by atoms with E-state index in [1.165, 1.54) is 6.07 Å². The third-order valence-electron chi connectivity index (χ3n) is 6.40. The second-order valence-electron chi connectivity index (χ2n) is 8.34. The number of likely N-dealkylation sites (tertiary alicyclic amines) is 2. The molecule has 0 atom stereocenters. The minimum Gasteiger partial charge on any atom is -0.496 e. The highest BCUT2D eigenvalue weighted by molar-refractivity contribution is 5.77. The summed E-state index contributed by atoms with van der Waals surface area (Å²) in [6.45, 7) is 4.05. The summed E-state index contributed by atoms with van der Waals surface area (Å²) >= 11 is 0. The van der Waals surface area contributed by atoms with Gasteiger partial charge in [-0.25, -0.2) is 4.39 Å². The largest absolute Gasteiger partial charge is 0.496 e. The van der Waals surface area contributed by atoms with Crippen molar-refractivity contribution >= 4 is 5.91 Å². The number of ether oxygens (including phenoxy) is 1. The third kappa shape index (κ3) is 4.58. The van der Waals surface area contributed by atoms with E-state index < -0.39 is 0 Å². The zero-order valence-electron chi connectivity index (χ0n) is 16.9. The number of carbonyl (C=O) groups excluding carboxylic acids is 1. The first-order chi connectivity index (χ1) is 14.1. The van der Waals surface area contributed by atoms with Crippen LogP contribution in [0.4, 0.5) is 4.39 Å². The van der Waals surface area contributed by atoms with Crippen molar-refractivity contribution in [3.05, 3.63) is 59.7 Å². The summed E-state index contributed by atoms with van der Waals surface area (Å²) in [5.74, 6) is 0.745. The van der Waals surface area contributed by atoms with Crippen molar-refractivity contribution in [3.8, 4) is 5.75 Å². The number of hydrogen-bond acceptors (Lipinski definition) is 4. The van der Waals surface area contributed by atoms with E-state index in [9.17, 15) is 9.18 Å². The van der Waals surface area contributed by atoms with Crippen LogP contribution in [0.3, 0.4) is 0 Å². The van der Waals surface area contributed by atoms with Crippen molar-refractivity contribution in [2.24, 2.45) is 5.41 Å². The third-order valence-corrected chi connectivity index (χ3v) is 6.40. The van der Waals surface area contributed by atoms with Gasteiger partial charge in [-0.05, 0) is 67.6 Å². The lowest BCUT2D eigenvalue weighted by molar-refractivity contribution is -0.140. The van der Waals surface area contributed by atoms with Gasteiger partial charge >= 0.3 is 0 Å². The van der Waals surface area contributed by atoms with E-state index in [1.807, 2.05) is 23.2 Å². The molecule has 0 aliphatic carbocycles. The van der Waals surface area contributed by atoms with Crippen LogP contribution in [0.5, 0.6) is 5.75 Å². The number of nitrogens with zero attached hydrogens (tertiary/aromatic N) is 3. The molecule has 1 aromatic heterocycles. The smallest absolute Gasteiger partial charge is 0.222 e. The molecule has 3 heterocycles. The van der Waals surface area contributed by atoms with Gasteiger partial charge in [-0.3, -0.25) is 14.7 Å². The van der Waals surface area contributed by atoms with E-state index >= 15 is 0 Å². The Hall–Kier alpha value is -2.47. The minimum absolute atomic E-state index is 0.193. The molecular formula is C23H28FN3O2. The molecule has 2 aliphatic rings. The Balaban J connectivity index is 1.38. The van der Waals surface area contributed by atoms with Crippen LogP contribution in [0.25, 0.3) is 0 Å². The number of aromatic nitrogens is 1. The Bertz CT molecular complexity index is 850. The van der Waals surface area contributed by atoms with Gasteiger partial charge in [0.25, 0.3) is 0 Å². The van der Waals surface area contributed by atoms with Gasteiger partial charge < -0.3 is 9.64 Å². The van der Waals surface area contributed by atoms with Crippen molar-refractivity contribution in [1.29, 1.82) is 0 Å². The number of piperidine rings is 2. The summed E-state index contributed by atoms with van der Waals surface area (Å²) < 4.78 is 19.1. The van der Waals surface area contributed by atoms with Gasteiger partial charge in [0.2, 0.25) is 5.91 Å². The van der Waals surface area contributed by atoms with Gasteiger partial charge in [0.15, 0.2) is 0 Å². The maximum absolute atomic E-state index is 13.7. The van der Waals surface area contributed by atoms with Crippen molar-refractivity contribution in [2.45, 2.75) is 38.8 Å². The van der Waals surface area contributed by atoms with Crippen molar-refractivity contribution < 1.29 is 13.9 Å². The zero-order chi connectivity index (χ0) is 20.3. The maximum Gasteiger partial charge on any atom is 0.222 e. The lowest BCUT2D eigenvalue weighted by Crippen LogP contribution is -2.51. The summed E-state index contributed by atoms with van der Waals surface area (Å²) in [6, 6.07) is 8.63. The van der Waals surface area contributed by atoms with Crippen LogP contribution in [0.15, 0.2) is 42.7 Å². The normalized spacial score (nSPS) is 19.5. The highest BCUT2D eigenvalue weighted by atomic mass is 19.1. The fourth-order valence-electron chi connectivity index (χ4n) is 4.66. The number of carbonyl (C=O) groups is 1. The molecule has 0 saturated carbocycles. The average Bonchev–Trinajstić information content (AvgIpc) is 2.74. The molecule has 5 nitrogen and oxygen atoms in total. The highest BCUT2D eigenvalue weighted by Crippen LogP contribution is 2.41. The first-order valence-corrected chi connectivity index (χ1v) is 10.3. The van der Waals surface area contributed by atoms with E-state index in [2.05, 4.69) is 9.88 Å². The molecule has 1 amide bonds. The fourth-order valence-corrected chi connectivity index (χ4v) is 4.66. The van der Waals surface area contributed by atoms with Gasteiger partial charge in [0.1, 0.15) is 11.6 Å². The van der Waals surface area contributed by atoms with E-state index in [1.54, 1.807) is 25.4 Å². The van der Waals surface area contributed by atoms with Crippen molar-refractivity contribution in [2.75, 3.05) is 26.7 Å². The van der Waals surface area contributed by atoms with Gasteiger partial charge in [0, 0.05) is 44.0 Å². The Morgan fingerprint density at radius 1 is 1.17 bits per heavy atom. The molecule has 1 spiro atoms. The van der Waals surface area contributed by atoms with Crippen molar-refractivity contribution in [3.63, 3.8) is 0 Å². The molecule has 154 valence electrons. The van der Waals surface area contributed by atoms with Gasteiger partial charge in [0.05, 0.1) is 7.11 Å². The quantitative estimate of drug-likeness (QED) is 0.773. The van der Waals surface area contributed by atoms with E-state index in [4.69, 9.17) is 4.74 Å². The number of amides is 1. The Morgan fingerprint density at radius 3 is 2.72 bits per heavy atom. The lowest BCUT2D eigenvalue weighted by Gasteiger charge is -2.47. The summed E-state index contributed by atoms with van der Waals surface area (Å²) in [6.07, 6.45) is 7.29. The number of hydrogen-bond donors (Lipinski definition) is 0. The first-order valence-electron chi connectivity index (χ1n) is 10.3. The molecule has 0 radical (unpaired) electrons. The van der Waals surface area contributed by atoms with Crippen LogP contribution in [-0.2, 0) is 17.9 Å². The van der Waals surface area contributed by atoms with Crippen LogP contribution in [0.1, 0.15) is 36.8 Å². The molecule has 0 unspecified atom stereocenters. The van der Waals surface area contributed by atoms with Gasteiger partial charge in [-0.1, -0.05) is 6.07 Å². The predicted octanol–water partition coefficient (Wildman–Crippen LogP) is 3.63. The van der Waals surface area contributed by atoms with E-state index in [-0.39, 0.29) is 17.1 Å². The van der Waals surface area contributed by atoms with Crippen molar-refractivity contribution in [1.82, 2.24) is 14.8 Å². The number of halogens is 1. The second kappa shape index (κ2) is 8.49. The Morgan fingerprint density at radius 2 is 2.00 bits per heavy atom. The van der Waals surface area contributed by atoms with Gasteiger partial charge in [-0.15, -0.1) is 0 Å². The minimum atomic E-state index is -0.230. The second-order valence-corrected chi connectivity index (χ2v) is 8.34. The summed E-state index contributed by atoms with van der Waals surface area (Å²) in [7, 11) is 1.62. The van der Waals surface area contributed by atoms with Crippen LogP contribution < -0.4 is 4.74 Å². The number of rotatable bonds is 5. The number of benzene rings is 1. The van der Waals surface area contributed by atoms with Gasteiger partial charge in [-0.2, -0.15) is 0 Å². The number of pyridine rings is 1. The van der Waals surface area contributed by atoms with E-state index in [0.29, 0.717) is 19.5 Å². The molecule has 2 aliphatic heterocycles. The molecule has 6 heteroatoms. The topological polar surface area (TPSA) is 45.7 Å². The van der Waals surface area contributed by atoms with Crippen LogP contribution in [0, 0.1) is 11.2 Å². The molecular weight excluding hydrogens is 369 g/mol. The summed E-state index contributed by atoms with van der Waals surface area (Å²) in [4.78, 5) is 21.0. The molecule has 2 fully saturated rings. The molecule has 0 N–H and O–H groups in total. The predicted molar refractivity (Wildman–Crippen MR) is 109 cm³/mol. The van der Waals surface area contributed by atoms with E-state index in [0.717, 1.165) is 55.8 Å².